The van der Waals surface area contributed by atoms with Crippen LogP contribution in [0.15, 0.2) is 48.5 Å². The van der Waals surface area contributed by atoms with E-state index in [4.69, 9.17) is 9.47 Å². The summed E-state index contributed by atoms with van der Waals surface area (Å²) >= 11 is 1.88. The van der Waals surface area contributed by atoms with Crippen molar-refractivity contribution >= 4 is 11.8 Å². The van der Waals surface area contributed by atoms with Crippen LogP contribution in [0.5, 0.6) is 5.75 Å². The average Bonchev–Trinajstić information content (AvgIpc) is 2.61. The predicted octanol–water partition coefficient (Wildman–Crippen LogP) is 5.33. The van der Waals surface area contributed by atoms with Gasteiger partial charge < -0.3 is 9.47 Å². The van der Waals surface area contributed by atoms with Crippen LogP contribution in [0.4, 0.5) is 0 Å². The minimum Gasteiger partial charge on any atom is -0.494 e. The Bertz CT molecular complexity index is 599. The summed E-state index contributed by atoms with van der Waals surface area (Å²) in [6, 6.07) is 17.1. The lowest BCUT2D eigenvalue weighted by Gasteiger charge is -2.29. The zero-order chi connectivity index (χ0) is 16.1. The van der Waals surface area contributed by atoms with Crippen LogP contribution in [0.3, 0.4) is 0 Å². The van der Waals surface area contributed by atoms with Crippen molar-refractivity contribution in [1.29, 1.82) is 0 Å². The van der Waals surface area contributed by atoms with Crippen LogP contribution in [-0.2, 0) is 4.74 Å². The Labute approximate surface area is 143 Å². The van der Waals surface area contributed by atoms with Gasteiger partial charge in [0.1, 0.15) is 11.2 Å². The lowest BCUT2D eigenvalue weighted by atomic mass is 10.0. The van der Waals surface area contributed by atoms with E-state index in [1.165, 1.54) is 16.7 Å². The molecule has 0 spiro atoms. The summed E-state index contributed by atoms with van der Waals surface area (Å²) in [7, 11) is 0. The molecule has 0 aliphatic carbocycles. The first kappa shape index (κ1) is 16.4. The van der Waals surface area contributed by atoms with E-state index in [2.05, 4.69) is 50.2 Å². The molecule has 2 nitrogen and oxygen atoms in total. The number of rotatable bonds is 5. The number of benzene rings is 2. The van der Waals surface area contributed by atoms with Gasteiger partial charge in [0.25, 0.3) is 0 Å². The normalized spacial score (nSPS) is 21.1. The van der Waals surface area contributed by atoms with Gasteiger partial charge in [-0.15, -0.1) is 11.8 Å². The van der Waals surface area contributed by atoms with Gasteiger partial charge in [0.2, 0.25) is 0 Å². The van der Waals surface area contributed by atoms with E-state index in [1.54, 1.807) is 0 Å². The summed E-state index contributed by atoms with van der Waals surface area (Å²) in [4.78, 5) is 0. The van der Waals surface area contributed by atoms with Gasteiger partial charge in [-0.05, 0) is 36.6 Å². The maximum atomic E-state index is 6.10. The first-order valence-corrected chi connectivity index (χ1v) is 9.33. The van der Waals surface area contributed by atoms with E-state index in [0.717, 1.165) is 31.1 Å². The van der Waals surface area contributed by atoms with Crippen LogP contribution < -0.4 is 4.74 Å². The maximum absolute atomic E-state index is 6.10. The third-order valence-corrected chi connectivity index (χ3v) is 5.38. The van der Waals surface area contributed by atoms with Crippen molar-refractivity contribution in [3.05, 3.63) is 65.2 Å². The molecule has 2 aromatic carbocycles. The molecule has 23 heavy (non-hydrogen) atoms. The maximum Gasteiger partial charge on any atom is 0.128 e. The van der Waals surface area contributed by atoms with Crippen molar-refractivity contribution in [3.8, 4) is 5.75 Å². The fourth-order valence-electron chi connectivity index (χ4n) is 2.67. The van der Waals surface area contributed by atoms with E-state index in [-0.39, 0.29) is 5.44 Å². The molecule has 2 aromatic rings. The molecule has 122 valence electrons. The van der Waals surface area contributed by atoms with Gasteiger partial charge >= 0.3 is 0 Å². The Balaban J connectivity index is 1.57. The molecule has 0 saturated carbocycles. The quantitative estimate of drug-likeness (QED) is 0.739. The molecule has 0 amide bonds. The summed E-state index contributed by atoms with van der Waals surface area (Å²) in [5.41, 5.74) is 4.05. The molecule has 1 heterocycles. The zero-order valence-corrected chi connectivity index (χ0v) is 14.6. The monoisotopic (exact) mass is 328 g/mol. The highest BCUT2D eigenvalue weighted by molar-refractivity contribution is 7.99. The lowest BCUT2D eigenvalue weighted by molar-refractivity contribution is 0.0948. The van der Waals surface area contributed by atoms with E-state index < -0.39 is 0 Å². The standard InChI is InChI=1S/C20H24O2S/c1-3-12-21-19-10-8-17(9-11-19)20-22-13-18(14-23-20)16-6-4-15(2)5-7-16/h4-11,18,20H,3,12-14H2,1-2H3/t18-,20-/m0/s1. The number of aryl methyl sites for hydroxylation is 1. The molecule has 0 N–H and O–H groups in total. The Morgan fingerprint density at radius 1 is 1.04 bits per heavy atom. The van der Waals surface area contributed by atoms with Crippen molar-refractivity contribution in [1.82, 2.24) is 0 Å². The van der Waals surface area contributed by atoms with E-state index in [0.29, 0.717) is 5.92 Å². The minimum atomic E-state index is 0.136. The van der Waals surface area contributed by atoms with E-state index in [9.17, 15) is 0 Å². The van der Waals surface area contributed by atoms with Crippen molar-refractivity contribution in [2.24, 2.45) is 0 Å². The molecule has 0 radical (unpaired) electrons. The fourth-order valence-corrected chi connectivity index (χ4v) is 3.89. The van der Waals surface area contributed by atoms with Gasteiger partial charge in [0.15, 0.2) is 0 Å². The van der Waals surface area contributed by atoms with Crippen molar-refractivity contribution < 1.29 is 9.47 Å². The average molecular weight is 328 g/mol. The van der Waals surface area contributed by atoms with Gasteiger partial charge in [-0.25, -0.2) is 0 Å². The van der Waals surface area contributed by atoms with Crippen LogP contribution in [0.2, 0.25) is 0 Å². The molecule has 2 atom stereocenters. The second-order valence-electron chi connectivity index (χ2n) is 6.02. The predicted molar refractivity (Wildman–Crippen MR) is 97.3 cm³/mol. The summed E-state index contributed by atoms with van der Waals surface area (Å²) in [6.45, 7) is 5.80. The van der Waals surface area contributed by atoms with Gasteiger partial charge in [-0.3, -0.25) is 0 Å². The highest BCUT2D eigenvalue weighted by Gasteiger charge is 2.24. The Morgan fingerprint density at radius 2 is 1.74 bits per heavy atom. The molecule has 1 fully saturated rings. The molecule has 0 unspecified atom stereocenters. The molecule has 0 bridgehead atoms. The minimum absolute atomic E-state index is 0.136. The smallest absolute Gasteiger partial charge is 0.128 e. The molecule has 1 aliphatic heterocycles. The van der Waals surface area contributed by atoms with E-state index in [1.807, 2.05) is 23.9 Å². The molecule has 1 aliphatic rings. The highest BCUT2D eigenvalue weighted by Crippen LogP contribution is 2.39. The van der Waals surface area contributed by atoms with Crippen LogP contribution in [0, 0.1) is 6.92 Å². The summed E-state index contributed by atoms with van der Waals surface area (Å²) in [5, 5.41) is 0. The van der Waals surface area contributed by atoms with Gasteiger partial charge in [-0.1, -0.05) is 48.9 Å². The van der Waals surface area contributed by atoms with Crippen LogP contribution >= 0.6 is 11.8 Å². The second kappa shape index (κ2) is 7.89. The zero-order valence-electron chi connectivity index (χ0n) is 13.8. The molecule has 3 heteroatoms. The SMILES string of the molecule is CCCOc1ccc([C@H]2OC[C@H](c3ccc(C)cc3)CS2)cc1. The topological polar surface area (TPSA) is 18.5 Å². The second-order valence-corrected chi connectivity index (χ2v) is 7.12. The van der Waals surface area contributed by atoms with Gasteiger partial charge in [-0.2, -0.15) is 0 Å². The molecular weight excluding hydrogens is 304 g/mol. The number of hydrogen-bond donors (Lipinski definition) is 0. The number of hydrogen-bond acceptors (Lipinski definition) is 3. The largest absolute Gasteiger partial charge is 0.494 e. The molecule has 1 saturated heterocycles. The molecular formula is C20H24O2S. The first-order valence-electron chi connectivity index (χ1n) is 8.29. The van der Waals surface area contributed by atoms with E-state index >= 15 is 0 Å². The molecule has 0 aromatic heterocycles. The summed E-state index contributed by atoms with van der Waals surface area (Å²) < 4.78 is 11.7. The first-order chi connectivity index (χ1) is 11.3. The highest BCUT2D eigenvalue weighted by atomic mass is 32.2. The number of thioether (sulfide) groups is 1. The summed E-state index contributed by atoms with van der Waals surface area (Å²) in [6.07, 6.45) is 1.03. The fraction of sp³-hybridized carbons (Fsp3) is 0.400. The third kappa shape index (κ3) is 4.30. The summed E-state index contributed by atoms with van der Waals surface area (Å²) in [5.74, 6) is 2.53. The third-order valence-electron chi connectivity index (χ3n) is 4.07. The number of ether oxygens (including phenoxy) is 2. The van der Waals surface area contributed by atoms with Gasteiger partial charge in [0, 0.05) is 11.7 Å². The Hall–Kier alpha value is -1.45. The Kier molecular flexibility index (Phi) is 5.63. The van der Waals surface area contributed by atoms with Crippen molar-refractivity contribution in [2.45, 2.75) is 31.6 Å². The van der Waals surface area contributed by atoms with Crippen LogP contribution in [0.25, 0.3) is 0 Å². The molecule has 3 rings (SSSR count). The van der Waals surface area contributed by atoms with Crippen molar-refractivity contribution in [3.63, 3.8) is 0 Å². The van der Waals surface area contributed by atoms with Gasteiger partial charge in [0.05, 0.1) is 13.2 Å². The van der Waals surface area contributed by atoms with Crippen LogP contribution in [0.1, 0.15) is 41.4 Å². The van der Waals surface area contributed by atoms with Crippen molar-refractivity contribution in [2.75, 3.05) is 19.0 Å². The Morgan fingerprint density at radius 3 is 2.35 bits per heavy atom. The van der Waals surface area contributed by atoms with Crippen LogP contribution in [-0.4, -0.2) is 19.0 Å². The lowest BCUT2D eigenvalue weighted by Crippen LogP contribution is -2.19.